The van der Waals surface area contributed by atoms with Gasteiger partial charge in [-0.25, -0.2) is 9.86 Å². The summed E-state index contributed by atoms with van der Waals surface area (Å²) < 4.78 is 41.3. The number of primary amides is 1. The molecule has 0 unspecified atom stereocenters. The van der Waals surface area contributed by atoms with Crippen molar-refractivity contribution in [2.45, 2.75) is 65.3 Å². The largest absolute Gasteiger partial charge is 0.573 e. The number of nitrogens with zero attached hydrogens (tertiary/aromatic N) is 2. The summed E-state index contributed by atoms with van der Waals surface area (Å²) in [5.41, 5.74) is 6.38. The van der Waals surface area contributed by atoms with E-state index >= 15 is 0 Å². The van der Waals surface area contributed by atoms with E-state index in [0.29, 0.717) is 29.4 Å². The highest BCUT2D eigenvalue weighted by molar-refractivity contribution is 5.93. The Balaban J connectivity index is 1.71. The molecular weight excluding hydrogens is 529 g/mol. The van der Waals surface area contributed by atoms with Crippen molar-refractivity contribution < 1.29 is 37.5 Å². The molecular formula is C28H35F3N4O5. The summed E-state index contributed by atoms with van der Waals surface area (Å²) in [5, 5.41) is 13.7. The standard InChI is InChI=1S/C28H35F3N4O5/c1-27(2,3)20-8-12-22(13-9-20)34(26(38)33-21-10-14-23(15-11-21)40-28(29,30)31)17-35(39)24(36)16-18-4-6-19(7-5-18)25(32)37/h4-7,10-11,14-15,20,22,39H,8-9,12-13,16-17H2,1-3H3,(H2,32,37)(H,33,38). The lowest BCUT2D eigenvalue weighted by atomic mass is 9.71. The Morgan fingerprint density at radius 3 is 2.05 bits per heavy atom. The van der Waals surface area contributed by atoms with Crippen LogP contribution in [-0.4, -0.2) is 52.1 Å². The van der Waals surface area contributed by atoms with Crippen LogP contribution in [0, 0.1) is 11.3 Å². The molecule has 9 nitrogen and oxygen atoms in total. The van der Waals surface area contributed by atoms with Crippen molar-refractivity contribution in [3.8, 4) is 5.75 Å². The Kier molecular flexibility index (Phi) is 9.67. The minimum absolute atomic E-state index is 0.0985. The maximum atomic E-state index is 13.3. The Morgan fingerprint density at radius 2 is 1.55 bits per heavy atom. The summed E-state index contributed by atoms with van der Waals surface area (Å²) in [6.07, 6.45) is -1.99. The average molecular weight is 565 g/mol. The molecule has 1 aliphatic rings. The molecule has 0 radical (unpaired) electrons. The van der Waals surface area contributed by atoms with Crippen LogP contribution in [0.3, 0.4) is 0 Å². The number of alkyl halides is 3. The van der Waals surface area contributed by atoms with Gasteiger partial charge >= 0.3 is 12.4 Å². The number of carbonyl (C=O) groups is 3. The van der Waals surface area contributed by atoms with Crippen molar-refractivity contribution in [1.29, 1.82) is 0 Å². The highest BCUT2D eigenvalue weighted by Gasteiger charge is 2.35. The molecule has 2 aromatic rings. The first kappa shape index (κ1) is 30.7. The quantitative estimate of drug-likeness (QED) is 0.221. The Hall–Kier alpha value is -3.80. The van der Waals surface area contributed by atoms with Gasteiger partial charge in [0.15, 0.2) is 0 Å². The van der Waals surface area contributed by atoms with Gasteiger partial charge in [0.25, 0.3) is 5.91 Å². The molecule has 12 heteroatoms. The number of nitrogens with one attached hydrogen (secondary N) is 1. The zero-order chi connectivity index (χ0) is 29.7. The number of hydrogen-bond donors (Lipinski definition) is 3. The number of halogens is 3. The topological polar surface area (TPSA) is 125 Å². The number of anilines is 1. The zero-order valence-corrected chi connectivity index (χ0v) is 22.7. The van der Waals surface area contributed by atoms with E-state index in [1.165, 1.54) is 29.2 Å². The van der Waals surface area contributed by atoms with Crippen LogP contribution in [0.15, 0.2) is 48.5 Å². The van der Waals surface area contributed by atoms with Crippen molar-refractivity contribution >= 4 is 23.5 Å². The molecule has 0 saturated heterocycles. The molecule has 0 spiro atoms. The van der Waals surface area contributed by atoms with Crippen molar-refractivity contribution in [2.24, 2.45) is 17.1 Å². The van der Waals surface area contributed by atoms with Crippen molar-refractivity contribution in [2.75, 3.05) is 12.0 Å². The predicted molar refractivity (Wildman–Crippen MR) is 141 cm³/mol. The number of ether oxygens (including phenoxy) is 1. The van der Waals surface area contributed by atoms with E-state index in [4.69, 9.17) is 5.73 Å². The molecule has 1 aliphatic carbocycles. The molecule has 218 valence electrons. The second kappa shape index (κ2) is 12.6. The minimum Gasteiger partial charge on any atom is -0.406 e. The lowest BCUT2D eigenvalue weighted by Crippen LogP contribution is -2.51. The van der Waals surface area contributed by atoms with Crippen molar-refractivity contribution in [3.63, 3.8) is 0 Å². The van der Waals surface area contributed by atoms with E-state index in [1.54, 1.807) is 12.1 Å². The van der Waals surface area contributed by atoms with Crippen molar-refractivity contribution in [3.05, 3.63) is 59.7 Å². The second-order valence-electron chi connectivity index (χ2n) is 11.0. The summed E-state index contributed by atoms with van der Waals surface area (Å²) in [6.45, 7) is 6.08. The summed E-state index contributed by atoms with van der Waals surface area (Å²) in [4.78, 5) is 38.8. The van der Waals surface area contributed by atoms with Crippen LogP contribution in [0.5, 0.6) is 5.75 Å². The Bertz CT molecular complexity index is 1170. The average Bonchev–Trinajstić information content (AvgIpc) is 2.87. The fourth-order valence-electron chi connectivity index (χ4n) is 4.81. The first-order valence-electron chi connectivity index (χ1n) is 12.9. The highest BCUT2D eigenvalue weighted by Crippen LogP contribution is 2.39. The van der Waals surface area contributed by atoms with Gasteiger partial charge in [0.05, 0.1) is 6.42 Å². The summed E-state index contributed by atoms with van der Waals surface area (Å²) in [7, 11) is 0. The Morgan fingerprint density at radius 1 is 0.975 bits per heavy atom. The third-order valence-corrected chi connectivity index (χ3v) is 7.13. The molecule has 0 atom stereocenters. The second-order valence-corrected chi connectivity index (χ2v) is 11.0. The van der Waals surface area contributed by atoms with Gasteiger partial charge in [-0.15, -0.1) is 13.2 Å². The van der Waals surface area contributed by atoms with Gasteiger partial charge in [-0.1, -0.05) is 32.9 Å². The molecule has 0 aromatic heterocycles. The number of hydrogen-bond acceptors (Lipinski definition) is 5. The normalized spacial score (nSPS) is 17.6. The lowest BCUT2D eigenvalue weighted by molar-refractivity contribution is -0.274. The van der Waals surface area contributed by atoms with E-state index in [1.807, 2.05) is 0 Å². The number of hydroxylamine groups is 2. The minimum atomic E-state index is -4.84. The van der Waals surface area contributed by atoms with E-state index in [-0.39, 0.29) is 29.1 Å². The number of carbonyl (C=O) groups excluding carboxylic acids is 3. The molecule has 0 aliphatic heterocycles. The fraction of sp³-hybridized carbons (Fsp3) is 0.464. The van der Waals surface area contributed by atoms with Crippen LogP contribution in [-0.2, 0) is 11.2 Å². The molecule has 3 rings (SSSR count). The van der Waals surface area contributed by atoms with Crippen LogP contribution in [0.2, 0.25) is 0 Å². The van der Waals surface area contributed by atoms with Gasteiger partial charge in [-0.2, -0.15) is 0 Å². The van der Waals surface area contributed by atoms with Crippen molar-refractivity contribution in [1.82, 2.24) is 9.96 Å². The monoisotopic (exact) mass is 564 g/mol. The maximum Gasteiger partial charge on any atom is 0.573 e. The first-order valence-corrected chi connectivity index (χ1v) is 12.9. The number of nitrogens with two attached hydrogens (primary N) is 1. The highest BCUT2D eigenvalue weighted by atomic mass is 19.4. The third-order valence-electron chi connectivity index (χ3n) is 7.13. The van der Waals surface area contributed by atoms with Gasteiger partial charge in [0.1, 0.15) is 12.4 Å². The van der Waals surface area contributed by atoms with E-state index in [9.17, 15) is 32.8 Å². The number of rotatable bonds is 8. The zero-order valence-electron chi connectivity index (χ0n) is 22.7. The lowest BCUT2D eigenvalue weighted by Gasteiger charge is -2.41. The molecule has 0 bridgehead atoms. The summed E-state index contributed by atoms with van der Waals surface area (Å²) in [6, 6.07) is 9.87. The van der Waals surface area contributed by atoms with E-state index in [0.717, 1.165) is 25.0 Å². The molecule has 4 N–H and O–H groups in total. The predicted octanol–water partition coefficient (Wildman–Crippen LogP) is 5.54. The smallest absolute Gasteiger partial charge is 0.406 e. The van der Waals surface area contributed by atoms with Crippen LogP contribution < -0.4 is 15.8 Å². The van der Waals surface area contributed by atoms with E-state index < -0.39 is 36.6 Å². The SMILES string of the molecule is CC(C)(C)C1CCC(N(CN(O)C(=O)Cc2ccc(C(N)=O)cc2)C(=O)Nc2ccc(OC(F)(F)F)cc2)CC1. The van der Waals surface area contributed by atoms with Crippen LogP contribution in [0.25, 0.3) is 0 Å². The third kappa shape index (κ3) is 8.87. The molecule has 1 saturated carbocycles. The summed E-state index contributed by atoms with van der Waals surface area (Å²) >= 11 is 0. The number of amides is 4. The molecule has 1 fully saturated rings. The van der Waals surface area contributed by atoms with Crippen LogP contribution >= 0.6 is 0 Å². The van der Waals surface area contributed by atoms with Gasteiger partial charge in [0, 0.05) is 17.3 Å². The number of urea groups is 1. The maximum absolute atomic E-state index is 13.3. The molecule has 2 aromatic carbocycles. The first-order chi connectivity index (χ1) is 18.6. The van der Waals surface area contributed by atoms with Crippen LogP contribution in [0.4, 0.5) is 23.7 Å². The molecule has 40 heavy (non-hydrogen) atoms. The summed E-state index contributed by atoms with van der Waals surface area (Å²) in [5.74, 6) is -1.25. The van der Waals surface area contributed by atoms with Gasteiger partial charge in [-0.05, 0) is 79.0 Å². The van der Waals surface area contributed by atoms with Gasteiger partial charge in [-0.3, -0.25) is 14.8 Å². The molecule has 0 heterocycles. The molecule has 4 amide bonds. The van der Waals surface area contributed by atoms with Crippen LogP contribution in [0.1, 0.15) is 62.4 Å². The fourth-order valence-corrected chi connectivity index (χ4v) is 4.81. The van der Waals surface area contributed by atoms with E-state index in [2.05, 4.69) is 30.8 Å². The number of benzene rings is 2. The Labute approximate surface area is 231 Å². The van der Waals surface area contributed by atoms with Gasteiger partial charge < -0.3 is 20.7 Å². The van der Waals surface area contributed by atoms with Gasteiger partial charge in [0.2, 0.25) is 5.91 Å².